The van der Waals surface area contributed by atoms with Crippen molar-refractivity contribution in [3.05, 3.63) is 47.5 Å². The first-order valence-corrected chi connectivity index (χ1v) is 8.15. The van der Waals surface area contributed by atoms with Crippen LogP contribution in [0.3, 0.4) is 0 Å². The minimum absolute atomic E-state index is 0.0276. The minimum atomic E-state index is -1.20. The van der Waals surface area contributed by atoms with E-state index in [1.165, 1.54) is 0 Å². The zero-order valence-corrected chi connectivity index (χ0v) is 14.4. The third kappa shape index (κ3) is 5.65. The molecule has 1 rings (SSSR count). The molecule has 0 radical (unpaired) electrons. The van der Waals surface area contributed by atoms with Crippen molar-refractivity contribution in [3.8, 4) is 0 Å². The van der Waals surface area contributed by atoms with Gasteiger partial charge in [-0.2, -0.15) is 0 Å². The van der Waals surface area contributed by atoms with Gasteiger partial charge in [-0.1, -0.05) is 43.3 Å². The summed E-state index contributed by atoms with van der Waals surface area (Å²) < 4.78 is 9.99. The highest BCUT2D eigenvalue weighted by Crippen LogP contribution is 2.22. The largest absolute Gasteiger partial charge is 0.465 e. The molecule has 0 saturated carbocycles. The first-order chi connectivity index (χ1) is 11.5. The van der Waals surface area contributed by atoms with Crippen molar-refractivity contribution in [2.75, 3.05) is 13.2 Å². The maximum Gasteiger partial charge on any atom is 0.324 e. The van der Waals surface area contributed by atoms with E-state index in [-0.39, 0.29) is 25.4 Å². The molecule has 24 heavy (non-hydrogen) atoms. The van der Waals surface area contributed by atoms with Gasteiger partial charge in [-0.25, -0.2) is 0 Å². The van der Waals surface area contributed by atoms with Crippen molar-refractivity contribution in [1.82, 2.24) is 0 Å². The number of carbonyl (C=O) groups is 3. The van der Waals surface area contributed by atoms with Crippen LogP contribution < -0.4 is 0 Å². The molecule has 130 valence electrons. The van der Waals surface area contributed by atoms with Gasteiger partial charge in [0.05, 0.1) is 13.2 Å². The maximum absolute atomic E-state index is 12.5. The van der Waals surface area contributed by atoms with Crippen molar-refractivity contribution < 1.29 is 23.9 Å². The van der Waals surface area contributed by atoms with Crippen molar-refractivity contribution in [2.45, 2.75) is 33.6 Å². The van der Waals surface area contributed by atoms with Gasteiger partial charge in [-0.3, -0.25) is 14.4 Å². The number of allylic oxidation sites excluding steroid dienone is 1. The molecule has 0 spiro atoms. The first-order valence-electron chi connectivity index (χ1n) is 8.15. The maximum atomic E-state index is 12.5. The van der Waals surface area contributed by atoms with E-state index < -0.39 is 17.9 Å². The third-order valence-corrected chi connectivity index (χ3v) is 3.34. The second-order valence-corrected chi connectivity index (χ2v) is 5.09. The third-order valence-electron chi connectivity index (χ3n) is 3.34. The Labute approximate surface area is 142 Å². The molecule has 0 saturated heterocycles. The van der Waals surface area contributed by atoms with Crippen LogP contribution in [-0.4, -0.2) is 30.9 Å². The highest BCUT2D eigenvalue weighted by atomic mass is 16.6. The highest BCUT2D eigenvalue weighted by Gasteiger charge is 2.34. The van der Waals surface area contributed by atoms with Gasteiger partial charge in [-0.15, -0.1) is 0 Å². The summed E-state index contributed by atoms with van der Waals surface area (Å²) >= 11 is 0. The van der Waals surface area contributed by atoms with Crippen LogP contribution in [0.25, 0.3) is 0 Å². The smallest absolute Gasteiger partial charge is 0.324 e. The summed E-state index contributed by atoms with van der Waals surface area (Å²) in [4.78, 5) is 36.9. The molecule has 0 amide bonds. The predicted octanol–water partition coefficient (Wildman–Crippen LogP) is 3.34. The molecule has 0 aliphatic rings. The zero-order chi connectivity index (χ0) is 17.9. The summed E-state index contributed by atoms with van der Waals surface area (Å²) in [5, 5.41) is 0. The highest BCUT2D eigenvalue weighted by molar-refractivity contribution is 6.02. The number of carbonyl (C=O) groups excluding carboxylic acids is 3. The Morgan fingerprint density at radius 1 is 0.958 bits per heavy atom. The fourth-order valence-electron chi connectivity index (χ4n) is 2.32. The molecule has 0 aromatic heterocycles. The molecule has 0 aliphatic carbocycles. The van der Waals surface area contributed by atoms with Gasteiger partial charge in [0.25, 0.3) is 0 Å². The molecule has 0 heterocycles. The summed E-state index contributed by atoms with van der Waals surface area (Å²) in [7, 11) is 0. The van der Waals surface area contributed by atoms with E-state index in [1.807, 2.05) is 13.0 Å². The average molecular weight is 332 g/mol. The topological polar surface area (TPSA) is 69.7 Å². The normalized spacial score (nSPS) is 11.2. The quantitative estimate of drug-likeness (QED) is 0.300. The molecule has 0 N–H and O–H groups in total. The van der Waals surface area contributed by atoms with Crippen molar-refractivity contribution in [2.24, 2.45) is 5.92 Å². The Bertz CT molecular complexity index is 571. The van der Waals surface area contributed by atoms with E-state index >= 15 is 0 Å². The van der Waals surface area contributed by atoms with Crippen LogP contribution in [0.1, 0.15) is 44.0 Å². The zero-order valence-electron chi connectivity index (χ0n) is 14.4. The predicted molar refractivity (Wildman–Crippen MR) is 90.5 cm³/mol. The van der Waals surface area contributed by atoms with Gasteiger partial charge in [0.1, 0.15) is 0 Å². The Morgan fingerprint density at radius 2 is 1.50 bits per heavy atom. The van der Waals surface area contributed by atoms with Crippen molar-refractivity contribution in [3.63, 3.8) is 0 Å². The summed E-state index contributed by atoms with van der Waals surface area (Å²) in [6.45, 7) is 5.51. The van der Waals surface area contributed by atoms with Crippen LogP contribution in [0.2, 0.25) is 0 Å². The molecule has 1 aromatic rings. The number of ether oxygens (including phenoxy) is 2. The molecule has 0 unspecified atom stereocenters. The van der Waals surface area contributed by atoms with Crippen LogP contribution in [0.15, 0.2) is 42.0 Å². The van der Waals surface area contributed by atoms with Gasteiger partial charge in [0, 0.05) is 12.0 Å². The Kier molecular flexibility index (Phi) is 8.47. The Hall–Kier alpha value is -2.43. The summed E-state index contributed by atoms with van der Waals surface area (Å²) in [5.74, 6) is -2.72. The summed E-state index contributed by atoms with van der Waals surface area (Å²) in [5.41, 5.74) is 0.953. The Morgan fingerprint density at radius 3 is 1.96 bits per heavy atom. The number of rotatable bonds is 9. The van der Waals surface area contributed by atoms with E-state index in [0.717, 1.165) is 0 Å². The van der Waals surface area contributed by atoms with Crippen LogP contribution in [0.5, 0.6) is 0 Å². The minimum Gasteiger partial charge on any atom is -0.465 e. The molecule has 0 aliphatic heterocycles. The molecule has 0 fully saturated rings. The van der Waals surface area contributed by atoms with Gasteiger partial charge in [0.2, 0.25) is 0 Å². The standard InChI is InChI=1S/C19H24O5/c1-4-10-15(13-16(20)14-11-8-7-9-12-14)17(18(21)23-5-2)19(22)24-6-3/h7-12,17H,4-6,13H2,1-3H3/b15-10+. The number of ketones is 1. The number of hydrogen-bond acceptors (Lipinski definition) is 5. The molecule has 1 aromatic carbocycles. The van der Waals surface area contributed by atoms with Crippen LogP contribution in [0.4, 0.5) is 0 Å². The van der Waals surface area contributed by atoms with Gasteiger partial charge in [0.15, 0.2) is 11.7 Å². The van der Waals surface area contributed by atoms with Crippen molar-refractivity contribution in [1.29, 1.82) is 0 Å². The van der Waals surface area contributed by atoms with E-state index in [9.17, 15) is 14.4 Å². The van der Waals surface area contributed by atoms with Gasteiger partial charge >= 0.3 is 11.9 Å². The second-order valence-electron chi connectivity index (χ2n) is 5.09. The lowest BCUT2D eigenvalue weighted by Crippen LogP contribution is -2.30. The molecular formula is C19H24O5. The van der Waals surface area contributed by atoms with Crippen LogP contribution in [-0.2, 0) is 19.1 Å². The SMILES string of the molecule is CC/C=C(\CC(=O)c1ccccc1)C(C(=O)OCC)C(=O)OCC. The molecule has 0 atom stereocenters. The van der Waals surface area contributed by atoms with E-state index in [2.05, 4.69) is 0 Å². The Balaban J connectivity index is 3.07. The van der Waals surface area contributed by atoms with Crippen LogP contribution >= 0.6 is 0 Å². The van der Waals surface area contributed by atoms with E-state index in [4.69, 9.17) is 9.47 Å². The van der Waals surface area contributed by atoms with Gasteiger partial charge in [-0.05, 0) is 25.8 Å². The summed E-state index contributed by atoms with van der Waals surface area (Å²) in [6, 6.07) is 8.76. The lowest BCUT2D eigenvalue weighted by Gasteiger charge is -2.17. The second kappa shape index (κ2) is 10.4. The number of hydrogen-bond donors (Lipinski definition) is 0. The first kappa shape index (κ1) is 19.6. The van der Waals surface area contributed by atoms with Crippen LogP contribution in [0, 0.1) is 5.92 Å². The monoisotopic (exact) mass is 332 g/mol. The van der Waals surface area contributed by atoms with E-state index in [0.29, 0.717) is 17.6 Å². The molecular weight excluding hydrogens is 308 g/mol. The fraction of sp³-hybridized carbons (Fsp3) is 0.421. The summed E-state index contributed by atoms with van der Waals surface area (Å²) in [6.07, 6.45) is 2.28. The molecule has 5 nitrogen and oxygen atoms in total. The molecule has 0 bridgehead atoms. The fourth-order valence-corrected chi connectivity index (χ4v) is 2.32. The number of benzene rings is 1. The number of Topliss-reactive ketones (excluding diaryl/α,β-unsaturated/α-hetero) is 1. The van der Waals surface area contributed by atoms with Crippen molar-refractivity contribution >= 4 is 17.7 Å². The lowest BCUT2D eigenvalue weighted by molar-refractivity contribution is -0.159. The average Bonchev–Trinajstić information content (AvgIpc) is 2.56. The molecule has 5 heteroatoms. The lowest BCUT2D eigenvalue weighted by atomic mass is 9.91. The van der Waals surface area contributed by atoms with Gasteiger partial charge < -0.3 is 9.47 Å². The number of esters is 2. The van der Waals surface area contributed by atoms with E-state index in [1.54, 1.807) is 44.2 Å².